The average molecular weight is 515 g/mol. The molecule has 2 atom stereocenters. The van der Waals surface area contributed by atoms with Crippen LogP contribution in [0, 0.1) is 11.8 Å². The Morgan fingerprint density at radius 2 is 1.68 bits per heavy atom. The summed E-state index contributed by atoms with van der Waals surface area (Å²) in [6, 6.07) is 15.9. The molecule has 2 saturated heterocycles. The lowest BCUT2D eigenvalue weighted by Crippen LogP contribution is -2.33. The van der Waals surface area contributed by atoms with E-state index in [0.717, 1.165) is 63.3 Å². The fourth-order valence-electron chi connectivity index (χ4n) is 7.46. The van der Waals surface area contributed by atoms with Gasteiger partial charge in [0.25, 0.3) is 0 Å². The molecule has 3 heterocycles. The third kappa shape index (κ3) is 6.00. The summed E-state index contributed by atoms with van der Waals surface area (Å²) >= 11 is 0. The number of rotatable bonds is 7. The largest absolute Gasteiger partial charge is 0.317 e. The smallest absolute Gasteiger partial charge is 0.227 e. The number of amides is 1. The summed E-state index contributed by atoms with van der Waals surface area (Å²) in [4.78, 5) is 15.3. The molecule has 1 aliphatic carbocycles. The Labute approximate surface area is 229 Å². The highest BCUT2D eigenvalue weighted by Gasteiger charge is 2.34. The molecule has 0 spiro atoms. The molecule has 6 rings (SSSR count). The molecule has 3 aliphatic heterocycles. The fourth-order valence-corrected chi connectivity index (χ4v) is 7.46. The lowest BCUT2D eigenvalue weighted by atomic mass is 9.78. The first-order valence-corrected chi connectivity index (χ1v) is 15.4. The summed E-state index contributed by atoms with van der Waals surface area (Å²) in [6.07, 6.45) is 11.4. The van der Waals surface area contributed by atoms with E-state index >= 15 is 0 Å². The van der Waals surface area contributed by atoms with Crippen LogP contribution < -0.4 is 20.9 Å². The van der Waals surface area contributed by atoms with E-state index < -0.39 is 0 Å². The lowest BCUT2D eigenvalue weighted by molar-refractivity contribution is -0.117. The number of carbonyl (C=O) groups is 1. The number of piperidine rings is 1. The van der Waals surface area contributed by atoms with Crippen LogP contribution in [0.1, 0.15) is 91.9 Å². The molecular formula is C33H46N4O. The van der Waals surface area contributed by atoms with Gasteiger partial charge < -0.3 is 20.9 Å². The van der Waals surface area contributed by atoms with E-state index in [1.54, 1.807) is 0 Å². The first-order valence-electron chi connectivity index (χ1n) is 15.4. The van der Waals surface area contributed by atoms with Crippen molar-refractivity contribution < 1.29 is 4.79 Å². The third-order valence-electron chi connectivity index (χ3n) is 9.79. The van der Waals surface area contributed by atoms with Crippen LogP contribution in [0.15, 0.2) is 42.5 Å². The van der Waals surface area contributed by atoms with Gasteiger partial charge in [-0.05, 0) is 97.5 Å². The zero-order chi connectivity index (χ0) is 25.7. The molecule has 3 fully saturated rings. The van der Waals surface area contributed by atoms with Crippen LogP contribution in [0.2, 0.25) is 0 Å². The maximum absolute atomic E-state index is 13.2. The molecule has 5 heteroatoms. The predicted octanol–water partition coefficient (Wildman–Crippen LogP) is 5.45. The van der Waals surface area contributed by atoms with Gasteiger partial charge in [-0.1, -0.05) is 56.0 Å². The minimum absolute atomic E-state index is 0.266. The monoisotopic (exact) mass is 514 g/mol. The van der Waals surface area contributed by atoms with E-state index in [-0.39, 0.29) is 11.8 Å². The van der Waals surface area contributed by atoms with Crippen LogP contribution in [-0.2, 0) is 17.9 Å². The van der Waals surface area contributed by atoms with Gasteiger partial charge in [0.2, 0.25) is 5.91 Å². The van der Waals surface area contributed by atoms with Crippen molar-refractivity contribution in [2.45, 2.75) is 82.7 Å². The molecule has 38 heavy (non-hydrogen) atoms. The van der Waals surface area contributed by atoms with Crippen molar-refractivity contribution in [3.8, 4) is 0 Å². The van der Waals surface area contributed by atoms with Gasteiger partial charge in [0.15, 0.2) is 0 Å². The zero-order valence-electron chi connectivity index (χ0n) is 23.0. The Balaban J connectivity index is 1.09. The molecule has 1 saturated carbocycles. The number of nitrogens with zero attached hydrogens (tertiary/aromatic N) is 1. The molecule has 5 nitrogen and oxygen atoms in total. The van der Waals surface area contributed by atoms with Crippen LogP contribution in [0.5, 0.6) is 0 Å². The summed E-state index contributed by atoms with van der Waals surface area (Å²) in [7, 11) is 0. The van der Waals surface area contributed by atoms with Crippen molar-refractivity contribution in [1.82, 2.24) is 16.0 Å². The summed E-state index contributed by atoms with van der Waals surface area (Å²) in [5.41, 5.74) is 6.67. The van der Waals surface area contributed by atoms with Crippen LogP contribution in [-0.4, -0.2) is 38.6 Å². The standard InChI is InChI=1S/C33H46N4O/c38-33-17-29(26-9-7-24(8-10-26)19-35-20-25-13-15-34-16-14-25)23-37(33)30-12-11-28-21-36-22-32(31(28)18-30)27-5-3-1-2-4-6-27/h7-12,18,25,27,29,32,34-36H,1-6,13-17,19-23H2. The number of anilines is 1. The highest BCUT2D eigenvalue weighted by atomic mass is 16.2. The van der Waals surface area contributed by atoms with Gasteiger partial charge in [-0.3, -0.25) is 4.79 Å². The van der Waals surface area contributed by atoms with Crippen molar-refractivity contribution in [2.75, 3.05) is 37.6 Å². The van der Waals surface area contributed by atoms with Crippen LogP contribution in [0.25, 0.3) is 0 Å². The molecule has 1 amide bonds. The molecule has 4 aliphatic rings. The highest BCUT2D eigenvalue weighted by molar-refractivity contribution is 5.96. The number of hydrogen-bond acceptors (Lipinski definition) is 4. The first kappa shape index (κ1) is 26.0. The Morgan fingerprint density at radius 1 is 0.895 bits per heavy atom. The molecule has 2 aromatic rings. The Kier molecular flexibility index (Phi) is 8.44. The fraction of sp³-hybridized carbons (Fsp3) is 0.606. The van der Waals surface area contributed by atoms with Gasteiger partial charge in [0.1, 0.15) is 0 Å². The third-order valence-corrected chi connectivity index (χ3v) is 9.79. The van der Waals surface area contributed by atoms with E-state index in [9.17, 15) is 4.79 Å². The van der Waals surface area contributed by atoms with Crippen LogP contribution >= 0.6 is 0 Å². The summed E-state index contributed by atoms with van der Waals surface area (Å²) in [5, 5.41) is 10.8. The second kappa shape index (κ2) is 12.3. The van der Waals surface area contributed by atoms with E-state index in [1.807, 2.05) is 0 Å². The van der Waals surface area contributed by atoms with E-state index in [4.69, 9.17) is 0 Å². The lowest BCUT2D eigenvalue weighted by Gasteiger charge is -2.33. The summed E-state index contributed by atoms with van der Waals surface area (Å²) in [6.45, 7) is 7.16. The summed E-state index contributed by atoms with van der Waals surface area (Å²) < 4.78 is 0. The van der Waals surface area contributed by atoms with Crippen molar-refractivity contribution in [3.05, 3.63) is 64.7 Å². The second-order valence-electron chi connectivity index (χ2n) is 12.3. The SMILES string of the molecule is O=C1CC(c2ccc(CNCC3CCNCC3)cc2)CN1c1ccc2c(c1)C(C1CCCCCC1)CNC2. The molecule has 0 aromatic heterocycles. The van der Waals surface area contributed by atoms with Crippen LogP contribution in [0.4, 0.5) is 5.69 Å². The minimum Gasteiger partial charge on any atom is -0.317 e. The van der Waals surface area contributed by atoms with Gasteiger partial charge in [-0.2, -0.15) is 0 Å². The number of hydrogen-bond donors (Lipinski definition) is 3. The van der Waals surface area contributed by atoms with E-state index in [0.29, 0.717) is 12.3 Å². The normalized spacial score (nSPS) is 25.4. The Hall–Kier alpha value is -2.21. The second-order valence-corrected chi connectivity index (χ2v) is 12.3. The minimum atomic E-state index is 0.266. The molecule has 2 aromatic carbocycles. The van der Waals surface area contributed by atoms with Crippen molar-refractivity contribution in [2.24, 2.45) is 11.8 Å². The molecule has 0 bridgehead atoms. The maximum Gasteiger partial charge on any atom is 0.227 e. The number of carbonyl (C=O) groups excluding carboxylic acids is 1. The topological polar surface area (TPSA) is 56.4 Å². The van der Waals surface area contributed by atoms with E-state index in [1.165, 1.54) is 73.6 Å². The van der Waals surface area contributed by atoms with Crippen LogP contribution in [0.3, 0.4) is 0 Å². The van der Waals surface area contributed by atoms with Gasteiger partial charge in [0, 0.05) is 44.2 Å². The van der Waals surface area contributed by atoms with Gasteiger partial charge in [-0.25, -0.2) is 0 Å². The van der Waals surface area contributed by atoms with Gasteiger partial charge in [0.05, 0.1) is 0 Å². The molecule has 204 valence electrons. The van der Waals surface area contributed by atoms with E-state index in [2.05, 4.69) is 63.3 Å². The zero-order valence-corrected chi connectivity index (χ0v) is 23.0. The quantitative estimate of drug-likeness (QED) is 0.430. The van der Waals surface area contributed by atoms with Crippen molar-refractivity contribution in [3.63, 3.8) is 0 Å². The number of nitrogens with one attached hydrogen (secondary N) is 3. The Bertz CT molecular complexity index is 1070. The molecule has 0 radical (unpaired) electrons. The van der Waals surface area contributed by atoms with Crippen molar-refractivity contribution in [1.29, 1.82) is 0 Å². The number of benzene rings is 2. The predicted molar refractivity (Wildman–Crippen MR) is 156 cm³/mol. The Morgan fingerprint density at radius 3 is 2.47 bits per heavy atom. The van der Waals surface area contributed by atoms with Crippen molar-refractivity contribution >= 4 is 11.6 Å². The number of fused-ring (bicyclic) bond motifs is 1. The summed E-state index contributed by atoms with van der Waals surface area (Å²) in [5.74, 6) is 2.70. The highest BCUT2D eigenvalue weighted by Crippen LogP contribution is 2.40. The average Bonchev–Trinajstić information content (AvgIpc) is 3.16. The first-order chi connectivity index (χ1) is 18.7. The van der Waals surface area contributed by atoms with Gasteiger partial charge >= 0.3 is 0 Å². The molecular weight excluding hydrogens is 468 g/mol. The van der Waals surface area contributed by atoms with Gasteiger partial charge in [-0.15, -0.1) is 0 Å². The molecule has 2 unspecified atom stereocenters. The maximum atomic E-state index is 13.2. The molecule has 3 N–H and O–H groups in total.